The normalized spacial score (nSPS) is 27.0. The number of hydrogen-bond acceptors (Lipinski definition) is 0. The Hall–Kier alpha value is 0.430. The molecule has 1 aliphatic rings. The standard InChI is InChI=1S/C18H37P/c1-4-7-10-11-16-19-17(12-8-5-2)14-15-18(19)13-9-6-3/h17-18H,4-16H2,1-3H3. The number of unbranched alkanes of at least 4 members (excludes halogenated alkanes) is 5. The summed E-state index contributed by atoms with van der Waals surface area (Å²) in [5.41, 5.74) is 2.30. The van der Waals surface area contributed by atoms with Crippen LogP contribution in [0.2, 0.25) is 0 Å². The summed E-state index contributed by atoms with van der Waals surface area (Å²) in [6, 6.07) is 0. The van der Waals surface area contributed by atoms with E-state index in [4.69, 9.17) is 0 Å². The molecule has 0 aliphatic carbocycles. The lowest BCUT2D eigenvalue weighted by Crippen LogP contribution is -2.07. The Balaban J connectivity index is 2.37. The van der Waals surface area contributed by atoms with Crippen molar-refractivity contribution in [3.63, 3.8) is 0 Å². The number of rotatable bonds is 11. The average molecular weight is 284 g/mol. The molecule has 0 spiro atoms. The van der Waals surface area contributed by atoms with Gasteiger partial charge in [-0.2, -0.15) is 0 Å². The smallest absolute Gasteiger partial charge is 0.0206 e. The summed E-state index contributed by atoms with van der Waals surface area (Å²) in [5.74, 6) is 0. The van der Waals surface area contributed by atoms with Crippen LogP contribution in [0.4, 0.5) is 0 Å². The third kappa shape index (κ3) is 6.61. The quantitative estimate of drug-likeness (QED) is 0.284. The molecule has 1 heterocycles. The Labute approximate surface area is 123 Å². The second kappa shape index (κ2) is 11.1. The van der Waals surface area contributed by atoms with Crippen molar-refractivity contribution in [3.8, 4) is 0 Å². The van der Waals surface area contributed by atoms with Crippen LogP contribution in [0.3, 0.4) is 0 Å². The highest BCUT2D eigenvalue weighted by atomic mass is 31.1. The van der Waals surface area contributed by atoms with Gasteiger partial charge in [0.2, 0.25) is 0 Å². The van der Waals surface area contributed by atoms with Gasteiger partial charge in [0.25, 0.3) is 0 Å². The molecule has 1 rings (SSSR count). The van der Waals surface area contributed by atoms with E-state index in [2.05, 4.69) is 20.8 Å². The van der Waals surface area contributed by atoms with E-state index in [1.807, 2.05) is 0 Å². The highest BCUT2D eigenvalue weighted by Gasteiger charge is 2.33. The van der Waals surface area contributed by atoms with Crippen LogP contribution in [0.1, 0.15) is 97.8 Å². The van der Waals surface area contributed by atoms with Crippen LogP contribution in [-0.4, -0.2) is 17.5 Å². The highest BCUT2D eigenvalue weighted by Crippen LogP contribution is 2.59. The zero-order valence-corrected chi connectivity index (χ0v) is 14.7. The summed E-state index contributed by atoms with van der Waals surface area (Å²) in [4.78, 5) is 0. The molecule has 114 valence electrons. The SMILES string of the molecule is CCCCCCP1C(CCCC)CCC1CCCC. The molecule has 1 heteroatoms. The molecule has 0 aromatic carbocycles. The molecule has 19 heavy (non-hydrogen) atoms. The fourth-order valence-corrected chi connectivity index (χ4v) is 7.51. The minimum absolute atomic E-state index is 0.388. The fraction of sp³-hybridized carbons (Fsp3) is 1.00. The van der Waals surface area contributed by atoms with E-state index in [1.54, 1.807) is 31.8 Å². The molecular weight excluding hydrogens is 247 g/mol. The first-order valence-corrected chi connectivity index (χ1v) is 10.8. The molecule has 0 amide bonds. The van der Waals surface area contributed by atoms with Gasteiger partial charge in [-0.1, -0.05) is 65.7 Å². The average Bonchev–Trinajstić information content (AvgIpc) is 2.81. The predicted molar refractivity (Wildman–Crippen MR) is 91.8 cm³/mol. The molecule has 0 aromatic rings. The lowest BCUT2D eigenvalue weighted by molar-refractivity contribution is 0.618. The molecule has 1 aliphatic heterocycles. The van der Waals surface area contributed by atoms with Crippen molar-refractivity contribution >= 4 is 7.92 Å². The topological polar surface area (TPSA) is 0 Å². The minimum atomic E-state index is 0.388. The molecule has 0 aromatic heterocycles. The van der Waals surface area contributed by atoms with Crippen molar-refractivity contribution in [1.29, 1.82) is 0 Å². The summed E-state index contributed by atoms with van der Waals surface area (Å²) >= 11 is 0. The molecular formula is C18H37P. The van der Waals surface area contributed by atoms with E-state index in [0.29, 0.717) is 7.92 Å². The monoisotopic (exact) mass is 284 g/mol. The van der Waals surface area contributed by atoms with Crippen LogP contribution in [-0.2, 0) is 0 Å². The summed E-state index contributed by atoms with van der Waals surface area (Å²) < 4.78 is 0. The second-order valence-corrected chi connectivity index (χ2v) is 9.40. The second-order valence-electron chi connectivity index (χ2n) is 6.47. The van der Waals surface area contributed by atoms with Crippen LogP contribution in [0.25, 0.3) is 0 Å². The van der Waals surface area contributed by atoms with Gasteiger partial charge in [0.15, 0.2) is 0 Å². The van der Waals surface area contributed by atoms with E-state index in [9.17, 15) is 0 Å². The third-order valence-corrected chi connectivity index (χ3v) is 8.56. The first-order chi connectivity index (χ1) is 9.33. The Morgan fingerprint density at radius 3 is 1.68 bits per heavy atom. The largest absolute Gasteiger partial charge is 0.100 e. The molecule has 0 saturated carbocycles. The van der Waals surface area contributed by atoms with Gasteiger partial charge < -0.3 is 0 Å². The molecule has 2 unspecified atom stereocenters. The highest BCUT2D eigenvalue weighted by molar-refractivity contribution is 7.59. The van der Waals surface area contributed by atoms with E-state index < -0.39 is 0 Å². The number of hydrogen-bond donors (Lipinski definition) is 0. The molecule has 0 N–H and O–H groups in total. The minimum Gasteiger partial charge on any atom is -0.100 e. The summed E-state index contributed by atoms with van der Waals surface area (Å²) in [6.07, 6.45) is 19.5. The fourth-order valence-electron chi connectivity index (χ4n) is 3.60. The maximum atomic E-state index is 2.35. The molecule has 0 nitrogen and oxygen atoms in total. The van der Waals surface area contributed by atoms with Crippen molar-refractivity contribution in [1.82, 2.24) is 0 Å². The van der Waals surface area contributed by atoms with E-state index >= 15 is 0 Å². The van der Waals surface area contributed by atoms with Gasteiger partial charge in [0, 0.05) is 0 Å². The lowest BCUT2D eigenvalue weighted by Gasteiger charge is -2.26. The molecule has 0 bridgehead atoms. The first-order valence-electron chi connectivity index (χ1n) is 9.09. The Kier molecular flexibility index (Phi) is 10.2. The van der Waals surface area contributed by atoms with Gasteiger partial charge in [-0.05, 0) is 49.6 Å². The molecule has 2 atom stereocenters. The van der Waals surface area contributed by atoms with Crippen molar-refractivity contribution in [2.45, 2.75) is 109 Å². The third-order valence-electron chi connectivity index (χ3n) is 4.82. The first kappa shape index (κ1) is 17.5. The molecule has 1 fully saturated rings. The van der Waals surface area contributed by atoms with Gasteiger partial charge in [-0.15, -0.1) is 7.92 Å². The predicted octanol–water partition coefficient (Wildman–Crippen LogP) is 6.96. The van der Waals surface area contributed by atoms with E-state index in [-0.39, 0.29) is 0 Å². The van der Waals surface area contributed by atoms with Crippen molar-refractivity contribution in [2.75, 3.05) is 6.16 Å². The van der Waals surface area contributed by atoms with Crippen LogP contribution in [0, 0.1) is 0 Å². The summed E-state index contributed by atoms with van der Waals surface area (Å²) in [6.45, 7) is 7.04. The van der Waals surface area contributed by atoms with Gasteiger partial charge in [-0.3, -0.25) is 0 Å². The van der Waals surface area contributed by atoms with Crippen molar-refractivity contribution in [2.24, 2.45) is 0 Å². The van der Waals surface area contributed by atoms with Crippen molar-refractivity contribution < 1.29 is 0 Å². The Morgan fingerprint density at radius 1 is 0.684 bits per heavy atom. The zero-order valence-electron chi connectivity index (χ0n) is 13.8. The zero-order chi connectivity index (χ0) is 13.9. The van der Waals surface area contributed by atoms with Gasteiger partial charge >= 0.3 is 0 Å². The van der Waals surface area contributed by atoms with E-state index in [0.717, 1.165) is 11.3 Å². The molecule has 1 saturated heterocycles. The van der Waals surface area contributed by atoms with Gasteiger partial charge in [-0.25, -0.2) is 0 Å². The van der Waals surface area contributed by atoms with Crippen LogP contribution >= 0.6 is 7.92 Å². The van der Waals surface area contributed by atoms with Gasteiger partial charge in [0.05, 0.1) is 0 Å². The van der Waals surface area contributed by atoms with Gasteiger partial charge in [0.1, 0.15) is 0 Å². The summed E-state index contributed by atoms with van der Waals surface area (Å²) in [7, 11) is 0.388. The maximum Gasteiger partial charge on any atom is -0.0206 e. The molecule has 0 radical (unpaired) electrons. The van der Waals surface area contributed by atoms with Crippen LogP contribution < -0.4 is 0 Å². The van der Waals surface area contributed by atoms with E-state index in [1.165, 1.54) is 51.4 Å². The Morgan fingerprint density at radius 2 is 1.21 bits per heavy atom. The lowest BCUT2D eigenvalue weighted by atomic mass is 10.1. The maximum absolute atomic E-state index is 2.35. The van der Waals surface area contributed by atoms with Crippen molar-refractivity contribution in [3.05, 3.63) is 0 Å². The Bertz CT molecular complexity index is 186. The van der Waals surface area contributed by atoms with Crippen LogP contribution in [0.5, 0.6) is 0 Å². The summed E-state index contributed by atoms with van der Waals surface area (Å²) in [5, 5.41) is 0. The van der Waals surface area contributed by atoms with Crippen LogP contribution in [0.15, 0.2) is 0 Å².